The maximum absolute atomic E-state index is 11.6. The van der Waals surface area contributed by atoms with Crippen LogP contribution in [-0.4, -0.2) is 24.5 Å². The first-order valence-electron chi connectivity index (χ1n) is 7.68. The van der Waals surface area contributed by atoms with Gasteiger partial charge in [0.2, 0.25) is 0 Å². The molecule has 2 rings (SSSR count). The van der Waals surface area contributed by atoms with Gasteiger partial charge in [0.1, 0.15) is 5.75 Å². The van der Waals surface area contributed by atoms with Crippen LogP contribution in [0.5, 0.6) is 5.75 Å². The summed E-state index contributed by atoms with van der Waals surface area (Å²) in [7, 11) is 0. The Morgan fingerprint density at radius 2 is 1.88 bits per heavy atom. The third kappa shape index (κ3) is 4.84. The van der Waals surface area contributed by atoms with Crippen molar-refractivity contribution < 1.29 is 9.53 Å². The van der Waals surface area contributed by atoms with E-state index in [4.69, 9.17) is 16.0 Å². The van der Waals surface area contributed by atoms with Gasteiger partial charge in [-0.2, -0.15) is 0 Å². The van der Waals surface area contributed by atoms with E-state index in [0.717, 1.165) is 5.56 Å². The quantitative estimate of drug-likeness (QED) is 0.348. The fourth-order valence-corrected chi connectivity index (χ4v) is 2.39. The smallest absolute Gasteiger partial charge is 0.163 e. The summed E-state index contributed by atoms with van der Waals surface area (Å²) in [5.41, 5.74) is 16.5. The van der Waals surface area contributed by atoms with Crippen LogP contribution in [0, 0.1) is 0 Å². The molecule has 124 valence electrons. The van der Waals surface area contributed by atoms with Crippen molar-refractivity contribution in [1.29, 1.82) is 0 Å². The first-order valence-corrected chi connectivity index (χ1v) is 7.68. The Morgan fingerprint density at radius 3 is 2.54 bits per heavy atom. The second-order valence-corrected chi connectivity index (χ2v) is 5.49. The van der Waals surface area contributed by atoms with Crippen molar-refractivity contribution >= 4 is 5.78 Å². The molecule has 0 saturated carbocycles. The van der Waals surface area contributed by atoms with Crippen molar-refractivity contribution in [2.45, 2.75) is 25.4 Å². The molecule has 0 spiro atoms. The largest absolute Gasteiger partial charge is 0.492 e. The number of para-hydroxylation sites is 1. The molecular formula is C18H20N4O2. The Labute approximate surface area is 140 Å². The van der Waals surface area contributed by atoms with Crippen LogP contribution in [-0.2, 0) is 6.42 Å². The van der Waals surface area contributed by atoms with E-state index in [1.54, 1.807) is 24.3 Å². The summed E-state index contributed by atoms with van der Waals surface area (Å²) >= 11 is 0. The van der Waals surface area contributed by atoms with Gasteiger partial charge in [0.15, 0.2) is 5.78 Å². The molecule has 0 fully saturated rings. The summed E-state index contributed by atoms with van der Waals surface area (Å²) in [6.07, 6.45) is 0.572. The van der Waals surface area contributed by atoms with Crippen molar-refractivity contribution in [2.75, 3.05) is 6.61 Å². The van der Waals surface area contributed by atoms with Crippen molar-refractivity contribution in [3.63, 3.8) is 0 Å². The average Bonchev–Trinajstić information content (AvgIpc) is 2.59. The highest BCUT2D eigenvalue weighted by molar-refractivity contribution is 5.96. The van der Waals surface area contributed by atoms with E-state index in [1.807, 2.05) is 30.3 Å². The highest BCUT2D eigenvalue weighted by Gasteiger charge is 2.19. The summed E-state index contributed by atoms with van der Waals surface area (Å²) in [5.74, 6) is 0.384. The molecule has 0 bridgehead atoms. The van der Waals surface area contributed by atoms with Crippen LogP contribution in [0.15, 0.2) is 59.7 Å². The lowest BCUT2D eigenvalue weighted by molar-refractivity contribution is 0.101. The summed E-state index contributed by atoms with van der Waals surface area (Å²) < 4.78 is 5.71. The normalized spacial score (nSPS) is 12.8. The monoisotopic (exact) mass is 324 g/mol. The van der Waals surface area contributed by atoms with Gasteiger partial charge in [0, 0.05) is 11.0 Å². The molecule has 0 unspecified atom stereocenters. The highest BCUT2D eigenvalue weighted by atomic mass is 16.5. The lowest BCUT2D eigenvalue weighted by Crippen LogP contribution is -2.39. The van der Waals surface area contributed by atoms with E-state index in [1.165, 1.54) is 6.92 Å². The molecule has 0 heterocycles. The number of hydrogen-bond donors (Lipinski definition) is 1. The zero-order valence-electron chi connectivity index (χ0n) is 13.5. The first kappa shape index (κ1) is 17.5. The lowest BCUT2D eigenvalue weighted by Gasteiger charge is -2.20. The molecule has 2 N–H and O–H groups in total. The van der Waals surface area contributed by atoms with E-state index in [2.05, 4.69) is 10.0 Å². The van der Waals surface area contributed by atoms with Crippen LogP contribution in [0.2, 0.25) is 0 Å². The van der Waals surface area contributed by atoms with Gasteiger partial charge in [-0.05, 0) is 36.6 Å². The Bertz CT molecular complexity index is 727. The van der Waals surface area contributed by atoms with Gasteiger partial charge in [-0.3, -0.25) is 4.79 Å². The molecule has 24 heavy (non-hydrogen) atoms. The third-order valence-corrected chi connectivity index (χ3v) is 3.68. The zero-order valence-corrected chi connectivity index (χ0v) is 13.5. The molecule has 2 atom stereocenters. The maximum Gasteiger partial charge on any atom is 0.163 e. The van der Waals surface area contributed by atoms with Crippen LogP contribution < -0.4 is 10.5 Å². The van der Waals surface area contributed by atoms with Gasteiger partial charge in [0.25, 0.3) is 0 Å². The number of ketones is 1. The minimum atomic E-state index is -0.532. The molecular weight excluding hydrogens is 304 g/mol. The fraction of sp³-hybridized carbons (Fsp3) is 0.278. The topological polar surface area (TPSA) is 101 Å². The number of carbonyl (C=O) groups excluding carboxylic acids is 1. The van der Waals surface area contributed by atoms with Crippen LogP contribution >= 0.6 is 0 Å². The van der Waals surface area contributed by atoms with Crippen molar-refractivity contribution in [2.24, 2.45) is 10.8 Å². The lowest BCUT2D eigenvalue weighted by atomic mass is 10.0. The SMILES string of the molecule is CC(=O)c1ccccc1OC[C@H](N=[N+]=[N-])[C@@H](N)Cc1ccccc1. The van der Waals surface area contributed by atoms with Gasteiger partial charge >= 0.3 is 0 Å². The van der Waals surface area contributed by atoms with E-state index >= 15 is 0 Å². The molecule has 0 aromatic heterocycles. The number of nitrogens with zero attached hydrogens (tertiary/aromatic N) is 3. The van der Waals surface area contributed by atoms with Crippen molar-refractivity contribution in [3.8, 4) is 5.75 Å². The predicted molar refractivity (Wildman–Crippen MR) is 93.0 cm³/mol. The van der Waals surface area contributed by atoms with E-state index in [-0.39, 0.29) is 18.4 Å². The minimum absolute atomic E-state index is 0.0838. The van der Waals surface area contributed by atoms with Gasteiger partial charge in [-0.1, -0.05) is 47.6 Å². The Balaban J connectivity index is 2.06. The Morgan fingerprint density at radius 1 is 1.21 bits per heavy atom. The summed E-state index contributed by atoms with van der Waals surface area (Å²) in [4.78, 5) is 14.5. The molecule has 0 aliphatic carbocycles. The average molecular weight is 324 g/mol. The van der Waals surface area contributed by atoms with Crippen LogP contribution in [0.3, 0.4) is 0 Å². The van der Waals surface area contributed by atoms with E-state index in [0.29, 0.717) is 17.7 Å². The molecule has 6 heteroatoms. The number of carbonyl (C=O) groups is 1. The summed E-state index contributed by atoms with van der Waals surface area (Å²) in [6, 6.07) is 15.8. The molecule has 0 amide bonds. The van der Waals surface area contributed by atoms with Gasteiger partial charge in [-0.25, -0.2) is 0 Å². The van der Waals surface area contributed by atoms with Crippen molar-refractivity contribution in [1.82, 2.24) is 0 Å². The predicted octanol–water partition coefficient (Wildman–Crippen LogP) is 3.52. The van der Waals surface area contributed by atoms with Gasteiger partial charge < -0.3 is 10.5 Å². The third-order valence-electron chi connectivity index (χ3n) is 3.68. The number of ether oxygens (including phenoxy) is 1. The molecule has 2 aromatic rings. The zero-order chi connectivity index (χ0) is 17.4. The summed E-state index contributed by atoms with van der Waals surface area (Å²) in [5, 5.41) is 3.76. The molecule has 0 saturated heterocycles. The Hall–Kier alpha value is -2.82. The fourth-order valence-electron chi connectivity index (χ4n) is 2.39. The van der Waals surface area contributed by atoms with E-state index in [9.17, 15) is 4.79 Å². The molecule has 0 aliphatic heterocycles. The summed E-state index contributed by atoms with van der Waals surface area (Å²) in [6.45, 7) is 1.59. The number of Topliss-reactive ketones (excluding diaryl/α,β-unsaturated/α-hetero) is 1. The van der Waals surface area contributed by atoms with Crippen LogP contribution in [0.4, 0.5) is 0 Å². The molecule has 0 radical (unpaired) electrons. The first-order chi connectivity index (χ1) is 11.6. The van der Waals surface area contributed by atoms with Crippen LogP contribution in [0.1, 0.15) is 22.8 Å². The number of azide groups is 1. The number of nitrogens with two attached hydrogens (primary N) is 1. The minimum Gasteiger partial charge on any atom is -0.492 e. The number of benzene rings is 2. The molecule has 0 aliphatic rings. The standard InChI is InChI=1S/C18H20N4O2/c1-13(23)15-9-5-6-10-18(15)24-12-17(21-22-20)16(19)11-14-7-3-2-4-8-14/h2-10,16-17H,11-12,19H2,1H3/t16-,17-/m0/s1. The number of rotatable bonds is 8. The van der Waals surface area contributed by atoms with Crippen LogP contribution in [0.25, 0.3) is 10.4 Å². The highest BCUT2D eigenvalue weighted by Crippen LogP contribution is 2.19. The van der Waals surface area contributed by atoms with Gasteiger partial charge in [-0.15, -0.1) is 0 Å². The number of hydrogen-bond acceptors (Lipinski definition) is 4. The maximum atomic E-state index is 11.6. The van der Waals surface area contributed by atoms with Crippen molar-refractivity contribution in [3.05, 3.63) is 76.2 Å². The molecule has 2 aromatic carbocycles. The Kier molecular flexibility index (Phi) is 6.37. The second kappa shape index (κ2) is 8.72. The molecule has 6 nitrogen and oxygen atoms in total. The van der Waals surface area contributed by atoms with Gasteiger partial charge in [0.05, 0.1) is 18.2 Å². The second-order valence-electron chi connectivity index (χ2n) is 5.49. The van der Waals surface area contributed by atoms with E-state index < -0.39 is 6.04 Å².